The summed E-state index contributed by atoms with van der Waals surface area (Å²) >= 11 is 0. The van der Waals surface area contributed by atoms with E-state index >= 15 is 0 Å². The molecular formula is C22H28N4O. The Balaban J connectivity index is 1.31. The number of para-hydroxylation sites is 1. The van der Waals surface area contributed by atoms with E-state index in [1.807, 2.05) is 12.3 Å². The maximum Gasteiger partial charge on any atom is 0.228 e. The number of carbonyl (C=O) groups is 1. The summed E-state index contributed by atoms with van der Waals surface area (Å²) in [6, 6.07) is 14.6. The second-order valence-electron chi connectivity index (χ2n) is 7.54. The van der Waals surface area contributed by atoms with Crippen LogP contribution in [0.15, 0.2) is 48.7 Å². The Bertz CT molecular complexity index is 733. The van der Waals surface area contributed by atoms with E-state index in [9.17, 15) is 4.79 Å². The van der Waals surface area contributed by atoms with Crippen molar-refractivity contribution < 1.29 is 4.79 Å². The number of pyridine rings is 1. The molecule has 1 aliphatic heterocycles. The summed E-state index contributed by atoms with van der Waals surface area (Å²) in [5, 5.41) is 2.99. The van der Waals surface area contributed by atoms with Gasteiger partial charge in [-0.05, 0) is 37.1 Å². The van der Waals surface area contributed by atoms with Crippen molar-refractivity contribution in [1.29, 1.82) is 0 Å². The van der Waals surface area contributed by atoms with E-state index in [0.29, 0.717) is 5.82 Å². The molecule has 1 aliphatic carbocycles. The number of amides is 1. The van der Waals surface area contributed by atoms with Gasteiger partial charge in [-0.2, -0.15) is 0 Å². The lowest BCUT2D eigenvalue weighted by Gasteiger charge is -2.37. The minimum atomic E-state index is 0.131. The molecule has 0 radical (unpaired) electrons. The molecule has 1 aromatic carbocycles. The van der Waals surface area contributed by atoms with Crippen LogP contribution in [0.1, 0.15) is 32.1 Å². The number of anilines is 3. The van der Waals surface area contributed by atoms with Gasteiger partial charge in [0.15, 0.2) is 0 Å². The summed E-state index contributed by atoms with van der Waals surface area (Å²) in [7, 11) is 0. The van der Waals surface area contributed by atoms with Crippen LogP contribution >= 0.6 is 0 Å². The van der Waals surface area contributed by atoms with E-state index in [1.165, 1.54) is 24.9 Å². The van der Waals surface area contributed by atoms with Crippen molar-refractivity contribution in [3.8, 4) is 0 Å². The molecule has 0 bridgehead atoms. The molecule has 1 N–H and O–H groups in total. The highest BCUT2D eigenvalue weighted by Gasteiger charge is 2.22. The Labute approximate surface area is 161 Å². The quantitative estimate of drug-likeness (QED) is 0.893. The third-order valence-electron chi connectivity index (χ3n) is 5.74. The summed E-state index contributed by atoms with van der Waals surface area (Å²) in [4.78, 5) is 21.6. The molecule has 1 amide bonds. The first-order valence-electron chi connectivity index (χ1n) is 10.1. The fourth-order valence-electron chi connectivity index (χ4n) is 4.10. The molecule has 2 heterocycles. The van der Waals surface area contributed by atoms with Gasteiger partial charge < -0.3 is 15.1 Å². The lowest BCUT2D eigenvalue weighted by atomic mass is 9.89. The molecule has 2 aromatic rings. The Morgan fingerprint density at radius 2 is 1.52 bits per heavy atom. The van der Waals surface area contributed by atoms with Crippen LogP contribution in [0, 0.1) is 5.92 Å². The largest absolute Gasteiger partial charge is 0.368 e. The van der Waals surface area contributed by atoms with Crippen molar-refractivity contribution >= 4 is 23.1 Å². The second kappa shape index (κ2) is 8.42. The van der Waals surface area contributed by atoms with Gasteiger partial charge in [-0.1, -0.05) is 37.5 Å². The Morgan fingerprint density at radius 3 is 2.15 bits per heavy atom. The maximum atomic E-state index is 12.4. The zero-order valence-electron chi connectivity index (χ0n) is 15.8. The molecule has 0 unspecified atom stereocenters. The third kappa shape index (κ3) is 4.41. The third-order valence-corrected chi connectivity index (χ3v) is 5.74. The van der Waals surface area contributed by atoms with Crippen LogP contribution in [0.4, 0.5) is 17.2 Å². The molecule has 0 spiro atoms. The van der Waals surface area contributed by atoms with Gasteiger partial charge in [0.1, 0.15) is 5.82 Å². The molecule has 4 rings (SSSR count). The van der Waals surface area contributed by atoms with E-state index in [4.69, 9.17) is 0 Å². The summed E-state index contributed by atoms with van der Waals surface area (Å²) in [5.41, 5.74) is 2.41. The first-order valence-corrected chi connectivity index (χ1v) is 10.1. The number of hydrogen-bond acceptors (Lipinski definition) is 4. The highest BCUT2D eigenvalue weighted by molar-refractivity contribution is 5.91. The number of nitrogens with one attached hydrogen (secondary N) is 1. The van der Waals surface area contributed by atoms with Crippen LogP contribution in [0.25, 0.3) is 0 Å². The van der Waals surface area contributed by atoms with Gasteiger partial charge in [0.2, 0.25) is 5.91 Å². The zero-order chi connectivity index (χ0) is 18.5. The van der Waals surface area contributed by atoms with Crippen LogP contribution in [0.3, 0.4) is 0 Å². The summed E-state index contributed by atoms with van der Waals surface area (Å²) < 4.78 is 0. The molecular weight excluding hydrogens is 336 g/mol. The van der Waals surface area contributed by atoms with Crippen molar-refractivity contribution in [3.05, 3.63) is 48.7 Å². The maximum absolute atomic E-state index is 12.4. The number of aromatic nitrogens is 1. The van der Waals surface area contributed by atoms with Crippen LogP contribution < -0.4 is 15.1 Å². The number of rotatable bonds is 4. The van der Waals surface area contributed by atoms with Crippen LogP contribution in [-0.4, -0.2) is 37.1 Å². The van der Waals surface area contributed by atoms with Crippen molar-refractivity contribution in [2.45, 2.75) is 32.1 Å². The van der Waals surface area contributed by atoms with Gasteiger partial charge in [-0.3, -0.25) is 4.79 Å². The second-order valence-corrected chi connectivity index (χ2v) is 7.54. The minimum absolute atomic E-state index is 0.131. The standard InChI is InChI=1S/C22H28N4O/c27-22(18-7-3-1-4-8-18)24-21-12-11-20(17-23-21)26-15-13-25(14-16-26)19-9-5-2-6-10-19/h2,5-6,9-12,17-18H,1,3-4,7-8,13-16H2,(H,23,24,27). The molecule has 1 saturated carbocycles. The Morgan fingerprint density at radius 1 is 0.852 bits per heavy atom. The number of hydrogen-bond donors (Lipinski definition) is 1. The number of piperazine rings is 1. The smallest absolute Gasteiger partial charge is 0.228 e. The highest BCUT2D eigenvalue weighted by atomic mass is 16.1. The van der Waals surface area contributed by atoms with Crippen LogP contribution in [-0.2, 0) is 4.79 Å². The molecule has 2 fully saturated rings. The lowest BCUT2D eigenvalue weighted by Crippen LogP contribution is -2.46. The summed E-state index contributed by atoms with van der Waals surface area (Å²) in [6.45, 7) is 3.96. The van der Waals surface area contributed by atoms with Gasteiger partial charge in [-0.25, -0.2) is 4.98 Å². The fourth-order valence-corrected chi connectivity index (χ4v) is 4.10. The molecule has 1 saturated heterocycles. The monoisotopic (exact) mass is 364 g/mol. The first-order chi connectivity index (χ1) is 13.3. The highest BCUT2D eigenvalue weighted by Crippen LogP contribution is 2.25. The molecule has 2 aliphatic rings. The van der Waals surface area contributed by atoms with Crippen LogP contribution in [0.2, 0.25) is 0 Å². The van der Waals surface area contributed by atoms with E-state index in [-0.39, 0.29) is 11.8 Å². The molecule has 142 valence electrons. The predicted molar refractivity (Wildman–Crippen MR) is 110 cm³/mol. The van der Waals surface area contributed by atoms with Crippen molar-refractivity contribution in [3.63, 3.8) is 0 Å². The van der Waals surface area contributed by atoms with Crippen LogP contribution in [0.5, 0.6) is 0 Å². The molecule has 0 atom stereocenters. The zero-order valence-corrected chi connectivity index (χ0v) is 15.8. The molecule has 27 heavy (non-hydrogen) atoms. The average Bonchev–Trinajstić information content (AvgIpc) is 2.76. The SMILES string of the molecule is O=C(Nc1ccc(N2CCN(c3ccccc3)CC2)cn1)C1CCCCC1. The number of nitrogens with zero attached hydrogens (tertiary/aromatic N) is 3. The van der Waals surface area contributed by atoms with Gasteiger partial charge in [0.25, 0.3) is 0 Å². The van der Waals surface area contributed by atoms with Gasteiger partial charge in [0.05, 0.1) is 11.9 Å². The molecule has 5 heteroatoms. The van der Waals surface area contributed by atoms with E-state index in [0.717, 1.165) is 44.7 Å². The Hall–Kier alpha value is -2.56. The minimum Gasteiger partial charge on any atom is -0.368 e. The van der Waals surface area contributed by atoms with E-state index in [2.05, 4.69) is 56.5 Å². The molecule has 5 nitrogen and oxygen atoms in total. The topological polar surface area (TPSA) is 48.5 Å². The summed E-state index contributed by atoms with van der Waals surface area (Å²) in [5.74, 6) is 0.954. The van der Waals surface area contributed by atoms with E-state index in [1.54, 1.807) is 0 Å². The van der Waals surface area contributed by atoms with Crippen molar-refractivity contribution in [2.75, 3.05) is 41.3 Å². The average molecular weight is 364 g/mol. The predicted octanol–water partition coefficient (Wildman–Crippen LogP) is 3.93. The Kier molecular flexibility index (Phi) is 5.56. The van der Waals surface area contributed by atoms with Crippen molar-refractivity contribution in [2.24, 2.45) is 5.92 Å². The molecule has 1 aromatic heterocycles. The normalized spacial score (nSPS) is 18.4. The van der Waals surface area contributed by atoms with Gasteiger partial charge >= 0.3 is 0 Å². The van der Waals surface area contributed by atoms with E-state index < -0.39 is 0 Å². The summed E-state index contributed by atoms with van der Waals surface area (Å²) in [6.07, 6.45) is 7.49. The fraction of sp³-hybridized carbons (Fsp3) is 0.455. The van der Waals surface area contributed by atoms with Gasteiger partial charge in [0, 0.05) is 37.8 Å². The lowest BCUT2D eigenvalue weighted by molar-refractivity contribution is -0.120. The number of carbonyl (C=O) groups excluding carboxylic acids is 1. The van der Waals surface area contributed by atoms with Gasteiger partial charge in [-0.15, -0.1) is 0 Å². The number of benzene rings is 1. The van der Waals surface area contributed by atoms with Crippen molar-refractivity contribution in [1.82, 2.24) is 4.98 Å². The first kappa shape index (κ1) is 17.8.